The van der Waals surface area contributed by atoms with Gasteiger partial charge in [-0.3, -0.25) is 5.32 Å². The van der Waals surface area contributed by atoms with Gasteiger partial charge in [0.2, 0.25) is 0 Å². The molecule has 2 aromatic heterocycles. The Morgan fingerprint density at radius 2 is 2.00 bits per heavy atom. The Morgan fingerprint density at radius 3 is 2.71 bits per heavy atom. The minimum atomic E-state index is -0.803. The molecule has 2 aromatic carbocycles. The normalized spacial score (nSPS) is 18.7. The average molecular weight is 481 g/mol. The van der Waals surface area contributed by atoms with Gasteiger partial charge in [-0.15, -0.1) is 0 Å². The highest BCUT2D eigenvalue weighted by atomic mass is 19.1. The van der Waals surface area contributed by atoms with Crippen LogP contribution in [0, 0.1) is 25.5 Å². The number of benzene rings is 2. The molecule has 5 rings (SSSR count). The number of aromatic amines is 1. The molecule has 182 valence electrons. The van der Waals surface area contributed by atoms with Crippen molar-refractivity contribution in [2.75, 3.05) is 10.6 Å². The molecule has 2 atom stereocenters. The number of halogens is 2. The quantitative estimate of drug-likeness (QED) is 0.306. The van der Waals surface area contributed by atoms with Gasteiger partial charge in [0, 0.05) is 28.9 Å². The number of amides is 1. The summed E-state index contributed by atoms with van der Waals surface area (Å²) in [6.07, 6.45) is 0.259. The van der Waals surface area contributed by atoms with E-state index in [0.29, 0.717) is 33.9 Å². The van der Waals surface area contributed by atoms with Crippen LogP contribution < -0.4 is 10.6 Å². The van der Waals surface area contributed by atoms with Gasteiger partial charge in [-0.05, 0) is 45.2 Å². The largest absolute Gasteiger partial charge is 0.443 e. The maximum absolute atomic E-state index is 16.1. The van der Waals surface area contributed by atoms with Gasteiger partial charge in [-0.1, -0.05) is 30.3 Å². The molecule has 7 nitrogen and oxygen atoms in total. The highest BCUT2D eigenvalue weighted by Crippen LogP contribution is 2.46. The predicted molar refractivity (Wildman–Crippen MR) is 130 cm³/mol. The van der Waals surface area contributed by atoms with Crippen molar-refractivity contribution in [1.82, 2.24) is 10.1 Å². The van der Waals surface area contributed by atoms with Gasteiger partial charge in [-0.2, -0.15) is 0 Å². The average Bonchev–Trinajstić information content (AvgIpc) is 3.38. The van der Waals surface area contributed by atoms with E-state index in [9.17, 15) is 4.79 Å². The van der Waals surface area contributed by atoms with Gasteiger partial charge in [-0.25, -0.2) is 13.6 Å². The Hall–Kier alpha value is -3.88. The van der Waals surface area contributed by atoms with Crippen molar-refractivity contribution in [1.29, 1.82) is 0 Å². The van der Waals surface area contributed by atoms with Crippen molar-refractivity contribution in [3.8, 4) is 11.1 Å². The molecular weight excluding hydrogens is 454 g/mol. The number of carbonyl (C=O) groups is 1. The molecule has 35 heavy (non-hydrogen) atoms. The van der Waals surface area contributed by atoms with Crippen LogP contribution in [0.3, 0.4) is 0 Å². The third-order valence-corrected chi connectivity index (χ3v) is 6.68. The summed E-state index contributed by atoms with van der Waals surface area (Å²) in [6.45, 7) is 8.80. The van der Waals surface area contributed by atoms with Crippen LogP contribution in [0.4, 0.5) is 25.0 Å². The van der Waals surface area contributed by atoms with E-state index >= 15 is 8.78 Å². The van der Waals surface area contributed by atoms with Gasteiger partial charge in [0.25, 0.3) is 0 Å². The number of aryl methyl sites for hydroxylation is 2. The molecule has 1 aliphatic heterocycles. The molecule has 1 amide bonds. The van der Waals surface area contributed by atoms with Gasteiger partial charge >= 0.3 is 6.09 Å². The second kappa shape index (κ2) is 8.11. The van der Waals surface area contributed by atoms with Crippen molar-refractivity contribution in [3.63, 3.8) is 0 Å². The smallest absolute Gasteiger partial charge is 0.412 e. The molecule has 0 spiro atoms. The topological polar surface area (TPSA) is 92.2 Å². The van der Waals surface area contributed by atoms with Crippen molar-refractivity contribution in [2.45, 2.75) is 52.2 Å². The van der Waals surface area contributed by atoms with E-state index < -0.39 is 35.3 Å². The number of rotatable bonds is 3. The van der Waals surface area contributed by atoms with E-state index in [1.54, 1.807) is 39.1 Å². The third-order valence-electron chi connectivity index (χ3n) is 6.68. The van der Waals surface area contributed by atoms with Crippen LogP contribution >= 0.6 is 0 Å². The number of carbonyl (C=O) groups excluding carboxylic acids is 1. The fourth-order valence-corrected chi connectivity index (χ4v) is 5.08. The molecule has 3 N–H and O–H groups in total. The van der Waals surface area contributed by atoms with Crippen LogP contribution in [0.5, 0.6) is 0 Å². The maximum Gasteiger partial charge on any atom is 0.412 e. The highest BCUT2D eigenvalue weighted by molar-refractivity contribution is 5.95. The fraction of sp³-hybridized carbons (Fsp3) is 0.308. The first kappa shape index (κ1) is 22.9. The molecule has 0 fully saturated rings. The zero-order valence-electron chi connectivity index (χ0n) is 20.0. The lowest BCUT2D eigenvalue weighted by molar-refractivity contribution is 0.0560. The van der Waals surface area contributed by atoms with Gasteiger partial charge < -0.3 is 19.6 Å². The second-order valence-corrected chi connectivity index (χ2v) is 9.54. The van der Waals surface area contributed by atoms with Crippen LogP contribution in [-0.4, -0.2) is 27.9 Å². The minimum Gasteiger partial charge on any atom is -0.443 e. The lowest BCUT2D eigenvalue weighted by Gasteiger charge is -2.44. The number of aromatic nitrogens is 2. The Balaban J connectivity index is 1.54. The number of H-pyrrole nitrogens is 1. The monoisotopic (exact) mass is 480 g/mol. The number of anilines is 2. The van der Waals surface area contributed by atoms with E-state index in [2.05, 4.69) is 20.8 Å². The van der Waals surface area contributed by atoms with Crippen LogP contribution in [0.1, 0.15) is 43.7 Å². The SMILES string of the molecule is Cc1noc(C)c1NC(=O)O[C@@H]1[C@@H](C)c2c(cc(F)c(-c3cccc4cc[nH]c34)c2F)NC1(C)C. The Morgan fingerprint density at radius 1 is 1.23 bits per heavy atom. The third kappa shape index (κ3) is 3.71. The number of hydrogen-bond donors (Lipinski definition) is 3. The zero-order chi connectivity index (χ0) is 25.1. The van der Waals surface area contributed by atoms with E-state index in [0.717, 1.165) is 5.39 Å². The number of fused-ring (bicyclic) bond motifs is 2. The molecule has 0 radical (unpaired) electrons. The van der Waals surface area contributed by atoms with Crippen LogP contribution in [0.15, 0.2) is 41.1 Å². The lowest BCUT2D eigenvalue weighted by atomic mass is 9.77. The van der Waals surface area contributed by atoms with E-state index in [-0.39, 0.29) is 11.1 Å². The molecule has 9 heteroatoms. The first-order valence-electron chi connectivity index (χ1n) is 11.4. The van der Waals surface area contributed by atoms with E-state index in [4.69, 9.17) is 9.26 Å². The summed E-state index contributed by atoms with van der Waals surface area (Å²) in [7, 11) is 0. The molecule has 3 heterocycles. The van der Waals surface area contributed by atoms with E-state index in [1.807, 2.05) is 26.0 Å². The summed E-state index contributed by atoms with van der Waals surface area (Å²) in [6, 6.07) is 8.48. The summed E-state index contributed by atoms with van der Waals surface area (Å²) in [5.74, 6) is -1.48. The highest BCUT2D eigenvalue weighted by Gasteiger charge is 2.45. The molecule has 0 bridgehead atoms. The van der Waals surface area contributed by atoms with Crippen LogP contribution in [-0.2, 0) is 4.74 Å². The van der Waals surface area contributed by atoms with Crippen molar-refractivity contribution in [3.05, 3.63) is 65.2 Å². The standard InChI is InChI=1S/C26H26F2N4O3/c1-12-19-18(11-17(27)20(21(19)28)16-8-6-7-15-9-10-29-23(15)16)31-26(4,5)24(12)34-25(33)30-22-13(2)32-35-14(22)3/h6-12,24,29,31H,1-5H3,(H,30,33)/t12-,24+/m0/s1. The number of ether oxygens (including phenoxy) is 1. The number of nitrogens with one attached hydrogen (secondary N) is 3. The Kier molecular flexibility index (Phi) is 5.30. The first-order valence-corrected chi connectivity index (χ1v) is 11.4. The summed E-state index contributed by atoms with van der Waals surface area (Å²) in [4.78, 5) is 15.9. The van der Waals surface area contributed by atoms with Gasteiger partial charge in [0.1, 0.15) is 29.1 Å². The van der Waals surface area contributed by atoms with Gasteiger partial charge in [0.15, 0.2) is 5.76 Å². The Labute approximate surface area is 200 Å². The fourth-order valence-electron chi connectivity index (χ4n) is 5.08. The number of hydrogen-bond acceptors (Lipinski definition) is 5. The Bertz CT molecular complexity index is 1440. The minimum absolute atomic E-state index is 0.121. The maximum atomic E-state index is 16.1. The molecule has 0 aliphatic carbocycles. The molecule has 4 aromatic rings. The summed E-state index contributed by atoms with van der Waals surface area (Å²) in [5, 5.41) is 10.5. The number of nitrogens with zero attached hydrogens (tertiary/aromatic N) is 1. The molecule has 0 saturated carbocycles. The van der Waals surface area contributed by atoms with Crippen molar-refractivity contribution < 1.29 is 22.8 Å². The summed E-state index contributed by atoms with van der Waals surface area (Å²) < 4.78 is 42.3. The second-order valence-electron chi connectivity index (χ2n) is 9.54. The predicted octanol–water partition coefficient (Wildman–Crippen LogP) is 6.64. The summed E-state index contributed by atoms with van der Waals surface area (Å²) >= 11 is 0. The summed E-state index contributed by atoms with van der Waals surface area (Å²) in [5.41, 5.74) is 1.70. The van der Waals surface area contributed by atoms with Crippen LogP contribution in [0.25, 0.3) is 22.0 Å². The first-order chi connectivity index (χ1) is 16.6. The van der Waals surface area contributed by atoms with Crippen LogP contribution in [0.2, 0.25) is 0 Å². The van der Waals surface area contributed by atoms with E-state index in [1.165, 1.54) is 6.07 Å². The van der Waals surface area contributed by atoms with Crippen molar-refractivity contribution in [2.24, 2.45) is 0 Å². The van der Waals surface area contributed by atoms with Crippen molar-refractivity contribution >= 4 is 28.4 Å². The zero-order valence-corrected chi connectivity index (χ0v) is 20.0. The molecule has 0 saturated heterocycles. The van der Waals surface area contributed by atoms with Gasteiger partial charge in [0.05, 0.1) is 16.6 Å². The molecule has 1 aliphatic rings. The molecule has 0 unspecified atom stereocenters. The lowest BCUT2D eigenvalue weighted by Crippen LogP contribution is -2.52. The molecular formula is C26H26F2N4O3. The number of para-hydroxylation sites is 1.